The highest BCUT2D eigenvalue weighted by Crippen LogP contribution is 2.45. The summed E-state index contributed by atoms with van der Waals surface area (Å²) >= 11 is 0. The zero-order chi connectivity index (χ0) is 36.3. The Kier molecular flexibility index (Phi) is 6.43. The Bertz CT molecular complexity index is 3170. The molecule has 54 heavy (non-hydrogen) atoms. The minimum absolute atomic E-state index is 0.0387. The Morgan fingerprint density at radius 1 is 0.537 bits per heavy atom. The second kappa shape index (κ2) is 11.2. The lowest BCUT2D eigenvalue weighted by Crippen LogP contribution is -2.33. The predicted octanol–water partition coefficient (Wildman–Crippen LogP) is 13.0. The van der Waals surface area contributed by atoms with E-state index in [4.69, 9.17) is 13.8 Å². The van der Waals surface area contributed by atoms with Gasteiger partial charge in [-0.05, 0) is 65.1 Å². The summed E-state index contributed by atoms with van der Waals surface area (Å²) in [5.74, 6) is 0. The number of furan rings is 2. The average molecular weight is 700 g/mol. The van der Waals surface area contributed by atoms with Gasteiger partial charge in [-0.25, -0.2) is 4.99 Å². The number of aromatic nitrogens is 1. The van der Waals surface area contributed by atoms with Gasteiger partial charge in [-0.3, -0.25) is 0 Å². The zero-order valence-electron chi connectivity index (χ0n) is 30.6. The van der Waals surface area contributed by atoms with E-state index in [9.17, 15) is 0 Å². The fourth-order valence-corrected chi connectivity index (χ4v) is 8.66. The van der Waals surface area contributed by atoms with Gasteiger partial charge in [0, 0.05) is 56.4 Å². The van der Waals surface area contributed by atoms with Gasteiger partial charge in [0.1, 0.15) is 22.3 Å². The Labute approximate surface area is 312 Å². The molecule has 5 nitrogen and oxygen atoms in total. The summed E-state index contributed by atoms with van der Waals surface area (Å²) in [5, 5.41) is 6.68. The van der Waals surface area contributed by atoms with Gasteiger partial charge in [0.15, 0.2) is 0 Å². The van der Waals surface area contributed by atoms with Crippen molar-refractivity contribution in [1.29, 1.82) is 0 Å². The predicted molar refractivity (Wildman–Crippen MR) is 224 cm³/mol. The van der Waals surface area contributed by atoms with Crippen molar-refractivity contribution in [2.24, 2.45) is 4.99 Å². The summed E-state index contributed by atoms with van der Waals surface area (Å²) in [7, 11) is 2.15. The molecule has 11 rings (SSSR count). The van der Waals surface area contributed by atoms with Gasteiger partial charge in [-0.2, -0.15) is 0 Å². The molecule has 0 amide bonds. The van der Waals surface area contributed by atoms with E-state index in [1.165, 1.54) is 5.56 Å². The lowest BCUT2D eigenvalue weighted by molar-refractivity contribution is 0.540. The van der Waals surface area contributed by atoms with Crippen LogP contribution in [-0.2, 0) is 5.41 Å². The Morgan fingerprint density at radius 2 is 1.24 bits per heavy atom. The number of rotatable bonds is 3. The van der Waals surface area contributed by atoms with E-state index in [1.807, 2.05) is 6.07 Å². The molecule has 0 spiro atoms. The first kappa shape index (κ1) is 31.0. The summed E-state index contributed by atoms with van der Waals surface area (Å²) in [6.45, 7) is 6.76. The van der Waals surface area contributed by atoms with Gasteiger partial charge in [0.2, 0.25) is 6.29 Å². The maximum Gasteiger partial charge on any atom is 0.203 e. The van der Waals surface area contributed by atoms with Crippen LogP contribution in [0.3, 0.4) is 0 Å². The van der Waals surface area contributed by atoms with Crippen LogP contribution < -0.4 is 4.90 Å². The quantitative estimate of drug-likeness (QED) is 0.184. The SMILES string of the molecule is CN1c2ccccc2C(c2ccccc2)=NC1n1c2ccc(-c3cccc4c3oc3ccc(C(C)(C)C)cc34)cc2c2c3oc4ccccc4c3ccc21. The number of fused-ring (bicyclic) bond motifs is 11. The molecule has 0 saturated heterocycles. The Balaban J connectivity index is 1.20. The molecular weight excluding hydrogens is 663 g/mol. The lowest BCUT2D eigenvalue weighted by atomic mass is 9.86. The van der Waals surface area contributed by atoms with Crippen LogP contribution in [0.15, 0.2) is 159 Å². The highest BCUT2D eigenvalue weighted by atomic mass is 16.3. The van der Waals surface area contributed by atoms with E-state index in [2.05, 4.69) is 177 Å². The standard InChI is InChI=1S/C49H37N3O2/c1-49(2,3)31-22-26-43-37(28-31)34-18-12-17-32(46(34)53-43)30-21-24-40-38(27-30)44-41(25-23-35-33-15-9-11-20-42(33)54-47(35)44)52(40)48-50-45(29-13-6-5-7-14-29)36-16-8-10-19-39(36)51(48)4/h5-28,48H,1-4H3. The van der Waals surface area contributed by atoms with Gasteiger partial charge in [0.25, 0.3) is 0 Å². The maximum atomic E-state index is 6.76. The average Bonchev–Trinajstić information content (AvgIpc) is 3.87. The molecule has 0 N–H and O–H groups in total. The zero-order valence-corrected chi connectivity index (χ0v) is 30.6. The third kappa shape index (κ3) is 4.42. The van der Waals surface area contributed by atoms with Crippen LogP contribution in [0.4, 0.5) is 5.69 Å². The highest BCUT2D eigenvalue weighted by molar-refractivity contribution is 6.24. The summed E-state index contributed by atoms with van der Waals surface area (Å²) in [6.07, 6.45) is -0.349. The van der Waals surface area contributed by atoms with Crippen LogP contribution in [-0.4, -0.2) is 17.3 Å². The molecule has 0 aliphatic carbocycles. The summed E-state index contributed by atoms with van der Waals surface area (Å²) in [6, 6.07) is 51.8. The second-order valence-corrected chi connectivity index (χ2v) is 15.6. The number of hydrogen-bond acceptors (Lipinski definition) is 4. The van der Waals surface area contributed by atoms with E-state index >= 15 is 0 Å². The first-order valence-corrected chi connectivity index (χ1v) is 18.6. The van der Waals surface area contributed by atoms with Crippen molar-refractivity contribution >= 4 is 77.1 Å². The van der Waals surface area contributed by atoms with Crippen molar-refractivity contribution in [3.8, 4) is 11.1 Å². The van der Waals surface area contributed by atoms with E-state index in [-0.39, 0.29) is 11.7 Å². The monoisotopic (exact) mass is 699 g/mol. The van der Waals surface area contributed by atoms with Crippen molar-refractivity contribution in [3.63, 3.8) is 0 Å². The number of nitrogens with zero attached hydrogens (tertiary/aromatic N) is 3. The molecule has 1 aliphatic rings. The fraction of sp³-hybridized carbons (Fsp3) is 0.122. The first-order valence-electron chi connectivity index (χ1n) is 18.6. The van der Waals surface area contributed by atoms with Crippen LogP contribution in [0.1, 0.15) is 43.8 Å². The Hall–Kier alpha value is -6.59. The summed E-state index contributed by atoms with van der Waals surface area (Å²) < 4.78 is 15.8. The van der Waals surface area contributed by atoms with Crippen molar-refractivity contribution < 1.29 is 8.83 Å². The molecule has 0 fully saturated rings. The largest absolute Gasteiger partial charge is 0.455 e. The Morgan fingerprint density at radius 3 is 2.11 bits per heavy atom. The molecule has 1 unspecified atom stereocenters. The number of anilines is 1. The van der Waals surface area contributed by atoms with E-state index in [0.29, 0.717) is 0 Å². The maximum absolute atomic E-state index is 6.76. The molecule has 0 bridgehead atoms. The number of benzene rings is 7. The van der Waals surface area contributed by atoms with Crippen LogP contribution >= 0.6 is 0 Å². The number of hydrogen-bond donors (Lipinski definition) is 0. The van der Waals surface area contributed by atoms with Gasteiger partial charge in [-0.15, -0.1) is 0 Å². The van der Waals surface area contributed by atoms with Crippen LogP contribution in [0, 0.1) is 0 Å². The number of aliphatic imine (C=N–C) groups is 1. The van der Waals surface area contributed by atoms with E-state index in [0.717, 1.165) is 99.3 Å². The van der Waals surface area contributed by atoms with Crippen LogP contribution in [0.25, 0.3) is 76.8 Å². The van der Waals surface area contributed by atoms with Crippen molar-refractivity contribution in [3.05, 3.63) is 162 Å². The molecule has 0 radical (unpaired) electrons. The van der Waals surface area contributed by atoms with Gasteiger partial charge in [0.05, 0.1) is 22.1 Å². The van der Waals surface area contributed by atoms with Gasteiger partial charge in [-0.1, -0.05) is 118 Å². The van der Waals surface area contributed by atoms with Gasteiger partial charge < -0.3 is 18.3 Å². The summed E-state index contributed by atoms with van der Waals surface area (Å²) in [4.78, 5) is 7.86. The first-order chi connectivity index (χ1) is 26.3. The second-order valence-electron chi connectivity index (χ2n) is 15.6. The van der Waals surface area contributed by atoms with Crippen LogP contribution in [0.2, 0.25) is 0 Å². The van der Waals surface area contributed by atoms with Crippen LogP contribution in [0.5, 0.6) is 0 Å². The normalized spacial score (nSPS) is 14.9. The topological polar surface area (TPSA) is 46.8 Å². The van der Waals surface area contributed by atoms with E-state index < -0.39 is 0 Å². The third-order valence-electron chi connectivity index (χ3n) is 11.4. The van der Waals surface area contributed by atoms with Crippen molar-refractivity contribution in [1.82, 2.24) is 4.57 Å². The third-order valence-corrected chi connectivity index (χ3v) is 11.4. The fourth-order valence-electron chi connectivity index (χ4n) is 8.66. The van der Waals surface area contributed by atoms with Crippen molar-refractivity contribution in [2.75, 3.05) is 11.9 Å². The number of para-hydroxylation sites is 3. The molecule has 4 heterocycles. The molecule has 5 heteroatoms. The highest BCUT2D eigenvalue weighted by Gasteiger charge is 2.31. The lowest BCUT2D eigenvalue weighted by Gasteiger charge is -2.35. The van der Waals surface area contributed by atoms with E-state index in [1.54, 1.807) is 0 Å². The minimum atomic E-state index is -0.349. The smallest absolute Gasteiger partial charge is 0.203 e. The van der Waals surface area contributed by atoms with Gasteiger partial charge >= 0.3 is 0 Å². The molecule has 1 aliphatic heterocycles. The molecule has 7 aromatic carbocycles. The van der Waals surface area contributed by atoms with Crippen molar-refractivity contribution in [2.45, 2.75) is 32.5 Å². The molecule has 0 saturated carbocycles. The molecule has 3 aromatic heterocycles. The molecule has 10 aromatic rings. The molecular formula is C49H37N3O2. The molecule has 1 atom stereocenters. The molecule has 260 valence electrons. The summed E-state index contributed by atoms with van der Waals surface area (Å²) in [5.41, 5.74) is 13.5. The minimum Gasteiger partial charge on any atom is -0.455 e.